The molecule has 5 heteroatoms. The van der Waals surface area contributed by atoms with E-state index in [1.165, 1.54) is 0 Å². The molecule has 0 saturated carbocycles. The Morgan fingerprint density at radius 3 is 1.60 bits per heavy atom. The summed E-state index contributed by atoms with van der Waals surface area (Å²) in [4.78, 5) is 0. The molecule has 0 aliphatic carbocycles. The van der Waals surface area contributed by atoms with Crippen LogP contribution in [0.15, 0.2) is 0 Å². The number of halogens is 3. The van der Waals surface area contributed by atoms with Crippen LogP contribution in [0.3, 0.4) is 0 Å². The standard InChI is InChI=1S/2Ag.BrH.ClH.HI/h;;3*1H/q+1;+2;;;/p-3. The van der Waals surface area contributed by atoms with Gasteiger partial charge in [-0.15, -0.1) is 0 Å². The first-order valence-electron chi connectivity index (χ1n) is 0.228. The van der Waals surface area contributed by atoms with Crippen LogP contribution in [0.4, 0.5) is 0 Å². The van der Waals surface area contributed by atoms with E-state index in [-0.39, 0.29) is 39.4 Å². The molecule has 5 heavy (non-hydrogen) atoms. The Morgan fingerprint density at radius 1 is 1.60 bits per heavy atom. The van der Waals surface area contributed by atoms with Crippen LogP contribution in [0, 0.1) is 0 Å². The normalized spacial score (nSPS) is 4.40. The molecule has 43 valence electrons. The maximum atomic E-state index is 5.02. The van der Waals surface area contributed by atoms with Crippen molar-refractivity contribution in [2.45, 2.75) is 0 Å². The zero-order valence-corrected chi connectivity index (χ0v) is 9.20. The molecule has 0 aliphatic heterocycles. The van der Waals surface area contributed by atoms with Gasteiger partial charge in [-0.1, -0.05) is 0 Å². The van der Waals surface area contributed by atoms with Gasteiger partial charge in [0.2, 0.25) is 0 Å². The molecule has 0 atom stereocenters. The molecule has 0 heterocycles. The molecule has 0 aromatic heterocycles. The second kappa shape index (κ2) is 15.8. The third kappa shape index (κ3) is 19.5. The van der Waals surface area contributed by atoms with Crippen LogP contribution in [0.25, 0.3) is 0 Å². The molecule has 0 nitrogen and oxygen atoms in total. The fraction of sp³-hybridized carbons (Fsp3) is 0. The van der Waals surface area contributed by atoms with E-state index in [4.69, 9.17) is 9.19 Å². The number of hydrogen-bond acceptors (Lipinski definition) is 0. The second-order valence-electron chi connectivity index (χ2n) is 0.0431. The minimum atomic E-state index is 0. The van der Waals surface area contributed by atoms with Gasteiger partial charge in [-0.05, 0) is 0 Å². The number of hydrogen-bond donors (Lipinski definition) is 0. The molecule has 0 saturated heterocycles. The van der Waals surface area contributed by atoms with Gasteiger partial charge in [-0.2, -0.15) is 0 Å². The zero-order chi connectivity index (χ0) is 2.71. The molecule has 0 rings (SSSR count). The van der Waals surface area contributed by atoms with Crippen molar-refractivity contribution < 1.29 is 54.2 Å². The number of rotatable bonds is 0. The van der Waals surface area contributed by atoms with E-state index in [0.717, 1.165) is 0 Å². The van der Waals surface area contributed by atoms with Crippen LogP contribution in [0.1, 0.15) is 0 Å². The molecule has 0 aromatic carbocycles. The summed E-state index contributed by atoms with van der Waals surface area (Å²) in [6.07, 6.45) is 0. The minimum absolute atomic E-state index is 0. The van der Waals surface area contributed by atoms with Gasteiger partial charge in [0.05, 0.1) is 0 Å². The van der Waals surface area contributed by atoms with E-state index in [2.05, 4.69) is 19.0 Å². The van der Waals surface area contributed by atoms with Crippen molar-refractivity contribution in [3.63, 3.8) is 0 Å². The predicted octanol–water partition coefficient (Wildman–Crippen LogP) is -1.43. The SMILES string of the molecule is [Ag+].[Br-].[Cl][Ag][I]. The summed E-state index contributed by atoms with van der Waals surface area (Å²) in [6.45, 7) is 0. The average molecular weight is 458 g/mol. The Balaban J connectivity index is -0.0000000200. The van der Waals surface area contributed by atoms with Crippen LogP contribution in [0.5, 0.6) is 0 Å². The molecule has 0 aromatic rings. The second-order valence-corrected chi connectivity index (χ2v) is 5.13. The van der Waals surface area contributed by atoms with Gasteiger partial charge in [0, 0.05) is 0 Å². The molecular weight excluding hydrogens is 458 g/mol. The van der Waals surface area contributed by atoms with E-state index >= 15 is 0 Å². The molecule has 0 aliphatic rings. The van der Waals surface area contributed by atoms with Crippen molar-refractivity contribution in [1.29, 1.82) is 0 Å². The van der Waals surface area contributed by atoms with Gasteiger partial charge < -0.3 is 17.0 Å². The molecule has 0 fully saturated rings. The zero-order valence-electron chi connectivity index (χ0n) is 1.74. The molecule has 0 amide bonds. The van der Waals surface area contributed by atoms with Gasteiger partial charge in [-0.25, -0.2) is 0 Å². The summed E-state index contributed by atoms with van der Waals surface area (Å²) in [5.41, 5.74) is 0. The van der Waals surface area contributed by atoms with E-state index in [1.54, 1.807) is 0 Å². The summed E-state index contributed by atoms with van der Waals surface area (Å²) in [7, 11) is 5.02. The molecule has 0 spiro atoms. The third-order valence-electron chi connectivity index (χ3n) is 0. The van der Waals surface area contributed by atoms with Crippen molar-refractivity contribution >= 4 is 28.2 Å². The Kier molecular flexibility index (Phi) is 49.4. The van der Waals surface area contributed by atoms with Crippen molar-refractivity contribution in [3.8, 4) is 0 Å². The van der Waals surface area contributed by atoms with Crippen LogP contribution in [-0.2, 0) is 37.2 Å². The fourth-order valence-electron chi connectivity index (χ4n) is 0. The van der Waals surface area contributed by atoms with Gasteiger partial charge in [0.15, 0.2) is 0 Å². The van der Waals surface area contributed by atoms with E-state index in [0.29, 0.717) is 14.9 Å². The topological polar surface area (TPSA) is 0 Å². The first-order valence-corrected chi connectivity index (χ1v) is 6.55. The van der Waals surface area contributed by atoms with Gasteiger partial charge >= 0.3 is 65.4 Å². The Labute approximate surface area is 80.7 Å². The summed E-state index contributed by atoms with van der Waals surface area (Å²) in [5, 5.41) is 0. The van der Waals surface area contributed by atoms with Crippen LogP contribution in [-0.4, -0.2) is 0 Å². The van der Waals surface area contributed by atoms with Crippen LogP contribution < -0.4 is 17.0 Å². The molecule has 0 N–H and O–H groups in total. The van der Waals surface area contributed by atoms with E-state index in [1.807, 2.05) is 0 Å². The fourth-order valence-corrected chi connectivity index (χ4v) is 0. The first kappa shape index (κ1) is 15.7. The Morgan fingerprint density at radius 2 is 1.60 bits per heavy atom. The maximum absolute atomic E-state index is 5.02. The summed E-state index contributed by atoms with van der Waals surface area (Å²) in [6, 6.07) is 0. The molecular formula is Ag2BrClI. The van der Waals surface area contributed by atoms with Crippen molar-refractivity contribution in [2.75, 3.05) is 0 Å². The van der Waals surface area contributed by atoms with E-state index < -0.39 is 0 Å². The average Bonchev–Trinajstić information content (AvgIpc) is 0.918. The third-order valence-corrected chi connectivity index (χ3v) is 0. The first-order chi connectivity index (χ1) is 1.41. The van der Waals surface area contributed by atoms with E-state index in [9.17, 15) is 0 Å². The van der Waals surface area contributed by atoms with Crippen molar-refractivity contribution in [1.82, 2.24) is 0 Å². The summed E-state index contributed by atoms with van der Waals surface area (Å²) in [5.74, 6) is 0. The monoisotopic (exact) mass is 455 g/mol. The van der Waals surface area contributed by atoms with Gasteiger partial charge in [0.25, 0.3) is 0 Å². The van der Waals surface area contributed by atoms with Crippen molar-refractivity contribution in [2.24, 2.45) is 0 Å². The van der Waals surface area contributed by atoms with Crippen LogP contribution in [0.2, 0.25) is 0 Å². The van der Waals surface area contributed by atoms with Gasteiger partial charge in [0.1, 0.15) is 0 Å². The summed E-state index contributed by atoms with van der Waals surface area (Å²) >= 11 is 2.60. The Hall–Kier alpha value is 2.98. The summed E-state index contributed by atoms with van der Waals surface area (Å²) < 4.78 is 0. The molecule has 0 bridgehead atoms. The van der Waals surface area contributed by atoms with Gasteiger partial charge in [-0.3, -0.25) is 0 Å². The quantitative estimate of drug-likeness (QED) is 0.309. The molecule has 0 radical (unpaired) electrons. The Bertz CT molecular complexity index is 9.61. The van der Waals surface area contributed by atoms with Crippen molar-refractivity contribution in [3.05, 3.63) is 0 Å². The predicted molar refractivity (Wildman–Crippen MR) is 19.9 cm³/mol. The van der Waals surface area contributed by atoms with Crippen LogP contribution >= 0.6 is 28.2 Å². The molecule has 0 unspecified atom stereocenters.